The molecule has 0 radical (unpaired) electrons. The highest BCUT2D eigenvalue weighted by Gasteiger charge is 2.24. The predicted molar refractivity (Wildman–Crippen MR) is 77.3 cm³/mol. The summed E-state index contributed by atoms with van der Waals surface area (Å²) in [4.78, 5) is 11.8. The standard InChI is InChI=1S/C16H19N3O/c1-16(2,3)11-7-9-12(10-8-11)19-13-5-4-6-14(20)15(13)17-18-19/h7-10H,4-6H2,1-3H3. The van der Waals surface area contributed by atoms with Crippen molar-refractivity contribution >= 4 is 5.78 Å². The van der Waals surface area contributed by atoms with Crippen LogP contribution in [0.1, 0.15) is 55.4 Å². The fraction of sp³-hybridized carbons (Fsp3) is 0.438. The van der Waals surface area contributed by atoms with Crippen LogP contribution in [0, 0.1) is 0 Å². The molecule has 0 saturated carbocycles. The summed E-state index contributed by atoms with van der Waals surface area (Å²) >= 11 is 0. The van der Waals surface area contributed by atoms with Gasteiger partial charge in [0.2, 0.25) is 0 Å². The lowest BCUT2D eigenvalue weighted by atomic mass is 9.87. The first-order valence-electron chi connectivity index (χ1n) is 7.05. The molecule has 3 rings (SSSR count). The summed E-state index contributed by atoms with van der Waals surface area (Å²) < 4.78 is 1.80. The number of nitrogens with zero attached hydrogens (tertiary/aromatic N) is 3. The van der Waals surface area contributed by atoms with E-state index in [1.165, 1.54) is 5.56 Å². The molecule has 2 aromatic rings. The molecule has 1 aliphatic carbocycles. The Kier molecular flexibility index (Phi) is 2.96. The number of aromatic nitrogens is 3. The molecule has 0 saturated heterocycles. The second-order valence-corrected chi connectivity index (χ2v) is 6.37. The Hall–Kier alpha value is -1.97. The van der Waals surface area contributed by atoms with E-state index in [9.17, 15) is 4.79 Å². The van der Waals surface area contributed by atoms with Gasteiger partial charge >= 0.3 is 0 Å². The molecule has 0 fully saturated rings. The van der Waals surface area contributed by atoms with Crippen molar-refractivity contribution in [1.29, 1.82) is 0 Å². The molecule has 0 amide bonds. The molecule has 0 atom stereocenters. The van der Waals surface area contributed by atoms with Crippen molar-refractivity contribution in [3.8, 4) is 5.69 Å². The minimum atomic E-state index is 0.115. The number of fused-ring (bicyclic) bond motifs is 1. The van der Waals surface area contributed by atoms with Gasteiger partial charge in [-0.25, -0.2) is 4.68 Å². The third kappa shape index (κ3) is 2.15. The van der Waals surface area contributed by atoms with E-state index in [0.29, 0.717) is 12.1 Å². The topological polar surface area (TPSA) is 47.8 Å². The van der Waals surface area contributed by atoms with Crippen LogP contribution in [0.5, 0.6) is 0 Å². The highest BCUT2D eigenvalue weighted by atomic mass is 16.1. The molecule has 1 aliphatic rings. The fourth-order valence-corrected chi connectivity index (χ4v) is 2.59. The third-order valence-corrected chi connectivity index (χ3v) is 3.82. The van der Waals surface area contributed by atoms with Crippen molar-refractivity contribution in [3.63, 3.8) is 0 Å². The number of hydrogen-bond donors (Lipinski definition) is 0. The Morgan fingerprint density at radius 3 is 2.45 bits per heavy atom. The van der Waals surface area contributed by atoms with E-state index in [0.717, 1.165) is 24.2 Å². The first-order valence-corrected chi connectivity index (χ1v) is 7.05. The maximum absolute atomic E-state index is 11.8. The molecule has 0 aliphatic heterocycles. The van der Waals surface area contributed by atoms with Crippen molar-refractivity contribution in [2.45, 2.75) is 45.4 Å². The summed E-state index contributed by atoms with van der Waals surface area (Å²) in [5.74, 6) is 0.115. The van der Waals surface area contributed by atoms with Crippen LogP contribution in [0.3, 0.4) is 0 Å². The molecule has 104 valence electrons. The molecule has 4 heteroatoms. The van der Waals surface area contributed by atoms with E-state index in [1.54, 1.807) is 4.68 Å². The number of carbonyl (C=O) groups is 1. The van der Waals surface area contributed by atoms with Crippen molar-refractivity contribution < 1.29 is 4.79 Å². The van der Waals surface area contributed by atoms with Crippen LogP contribution in [0.4, 0.5) is 0 Å². The number of hydrogen-bond acceptors (Lipinski definition) is 3. The van der Waals surface area contributed by atoms with Crippen LogP contribution in [-0.4, -0.2) is 20.8 Å². The number of benzene rings is 1. The molecule has 0 unspecified atom stereocenters. The van der Waals surface area contributed by atoms with Crippen LogP contribution in [0.2, 0.25) is 0 Å². The zero-order valence-corrected chi connectivity index (χ0v) is 12.2. The van der Waals surface area contributed by atoms with Gasteiger partial charge in [-0.2, -0.15) is 0 Å². The Bertz CT molecular complexity index is 647. The van der Waals surface area contributed by atoms with Gasteiger partial charge in [0.05, 0.1) is 11.4 Å². The highest BCUT2D eigenvalue weighted by Crippen LogP contribution is 2.25. The highest BCUT2D eigenvalue weighted by molar-refractivity contribution is 5.96. The van der Waals surface area contributed by atoms with Crippen LogP contribution in [0.15, 0.2) is 24.3 Å². The Balaban J connectivity index is 2.00. The second kappa shape index (κ2) is 4.54. The molecule has 1 heterocycles. The van der Waals surface area contributed by atoms with Crippen LogP contribution in [-0.2, 0) is 11.8 Å². The summed E-state index contributed by atoms with van der Waals surface area (Å²) in [6.07, 6.45) is 2.35. The molecule has 0 spiro atoms. The molecule has 20 heavy (non-hydrogen) atoms. The van der Waals surface area contributed by atoms with Gasteiger partial charge in [-0.05, 0) is 36.0 Å². The van der Waals surface area contributed by atoms with Gasteiger partial charge in [-0.3, -0.25) is 4.79 Å². The lowest BCUT2D eigenvalue weighted by Gasteiger charge is -2.19. The van der Waals surface area contributed by atoms with Gasteiger partial charge in [0.1, 0.15) is 0 Å². The first kappa shape index (κ1) is 13.0. The van der Waals surface area contributed by atoms with Crippen molar-refractivity contribution in [3.05, 3.63) is 41.2 Å². The Morgan fingerprint density at radius 2 is 1.80 bits per heavy atom. The quantitative estimate of drug-likeness (QED) is 0.799. The molecule has 0 N–H and O–H groups in total. The SMILES string of the molecule is CC(C)(C)c1ccc(-n2nnc3c2CCCC3=O)cc1. The number of carbonyl (C=O) groups excluding carboxylic acids is 1. The van der Waals surface area contributed by atoms with Gasteiger partial charge in [-0.1, -0.05) is 38.1 Å². The minimum absolute atomic E-state index is 0.115. The summed E-state index contributed by atoms with van der Waals surface area (Å²) in [5, 5.41) is 8.20. The maximum atomic E-state index is 11.8. The van der Waals surface area contributed by atoms with Crippen molar-refractivity contribution in [2.24, 2.45) is 0 Å². The lowest BCUT2D eigenvalue weighted by Crippen LogP contribution is -2.14. The van der Waals surface area contributed by atoms with E-state index < -0.39 is 0 Å². The summed E-state index contributed by atoms with van der Waals surface area (Å²) in [5.41, 5.74) is 3.89. The zero-order valence-electron chi connectivity index (χ0n) is 12.2. The fourth-order valence-electron chi connectivity index (χ4n) is 2.59. The average molecular weight is 269 g/mol. The Morgan fingerprint density at radius 1 is 1.10 bits per heavy atom. The normalized spacial score (nSPS) is 15.2. The van der Waals surface area contributed by atoms with Crippen LogP contribution < -0.4 is 0 Å². The predicted octanol–water partition coefficient (Wildman–Crippen LogP) is 3.08. The van der Waals surface area contributed by atoms with Crippen LogP contribution in [0.25, 0.3) is 5.69 Å². The third-order valence-electron chi connectivity index (χ3n) is 3.82. The molecule has 1 aromatic heterocycles. The minimum Gasteiger partial charge on any atom is -0.292 e. The van der Waals surface area contributed by atoms with E-state index >= 15 is 0 Å². The number of ketones is 1. The lowest BCUT2D eigenvalue weighted by molar-refractivity contribution is 0.0967. The van der Waals surface area contributed by atoms with Crippen molar-refractivity contribution in [2.75, 3.05) is 0 Å². The van der Waals surface area contributed by atoms with E-state index in [2.05, 4.69) is 55.3 Å². The molecule has 4 nitrogen and oxygen atoms in total. The smallest absolute Gasteiger partial charge is 0.185 e. The summed E-state index contributed by atoms with van der Waals surface area (Å²) in [6, 6.07) is 8.34. The molecule has 1 aromatic carbocycles. The maximum Gasteiger partial charge on any atom is 0.185 e. The number of Topliss-reactive ketones (excluding diaryl/α,β-unsaturated/α-hetero) is 1. The van der Waals surface area contributed by atoms with Gasteiger partial charge < -0.3 is 0 Å². The van der Waals surface area contributed by atoms with Gasteiger partial charge in [0, 0.05) is 6.42 Å². The Labute approximate surface area is 118 Å². The monoisotopic (exact) mass is 269 g/mol. The molecular formula is C16H19N3O. The van der Waals surface area contributed by atoms with Crippen LogP contribution >= 0.6 is 0 Å². The summed E-state index contributed by atoms with van der Waals surface area (Å²) in [7, 11) is 0. The first-order chi connectivity index (χ1) is 9.47. The average Bonchev–Trinajstić information content (AvgIpc) is 2.83. The largest absolute Gasteiger partial charge is 0.292 e. The van der Waals surface area contributed by atoms with Crippen molar-refractivity contribution in [1.82, 2.24) is 15.0 Å². The van der Waals surface area contributed by atoms with Gasteiger partial charge in [-0.15, -0.1) is 5.10 Å². The van der Waals surface area contributed by atoms with E-state index in [-0.39, 0.29) is 11.2 Å². The van der Waals surface area contributed by atoms with E-state index in [4.69, 9.17) is 0 Å². The summed E-state index contributed by atoms with van der Waals surface area (Å²) in [6.45, 7) is 6.58. The zero-order chi connectivity index (χ0) is 14.3. The van der Waals surface area contributed by atoms with E-state index in [1.807, 2.05) is 0 Å². The van der Waals surface area contributed by atoms with Gasteiger partial charge in [0.25, 0.3) is 0 Å². The number of rotatable bonds is 1. The molecular weight excluding hydrogens is 250 g/mol. The second-order valence-electron chi connectivity index (χ2n) is 6.37. The molecule has 0 bridgehead atoms. The van der Waals surface area contributed by atoms with Gasteiger partial charge in [0.15, 0.2) is 11.5 Å².